The van der Waals surface area contributed by atoms with Crippen LogP contribution in [0.1, 0.15) is 6.42 Å². The first-order valence-corrected chi connectivity index (χ1v) is 4.66. The first-order valence-electron chi connectivity index (χ1n) is 3.41. The molecule has 1 aliphatic heterocycles. The predicted molar refractivity (Wildman–Crippen MR) is 46.4 cm³/mol. The zero-order valence-electron chi connectivity index (χ0n) is 5.85. The van der Waals surface area contributed by atoms with Gasteiger partial charge in [0, 0.05) is 10.3 Å². The van der Waals surface area contributed by atoms with Crippen molar-refractivity contribution in [1.82, 2.24) is 0 Å². The van der Waals surface area contributed by atoms with Crippen molar-refractivity contribution in [3.8, 4) is 0 Å². The summed E-state index contributed by atoms with van der Waals surface area (Å²) >= 11 is 2.04. The molecule has 4 nitrogen and oxygen atoms in total. The van der Waals surface area contributed by atoms with Gasteiger partial charge < -0.3 is 20.1 Å². The molecule has 5 heteroatoms. The molecule has 0 saturated carbocycles. The fourth-order valence-electron chi connectivity index (χ4n) is 1.05. The Labute approximate surface area is 78.3 Å². The van der Waals surface area contributed by atoms with E-state index in [4.69, 9.17) is 14.9 Å². The number of rotatable bonds is 1. The molecule has 0 unspecified atom stereocenters. The van der Waals surface area contributed by atoms with Crippen LogP contribution in [0.25, 0.3) is 0 Å². The molecule has 0 amide bonds. The highest BCUT2D eigenvalue weighted by molar-refractivity contribution is 14.1. The Hall–Kier alpha value is 0.570. The first-order chi connectivity index (χ1) is 5.15. The molecular weight excluding hydrogens is 263 g/mol. The van der Waals surface area contributed by atoms with E-state index in [-0.39, 0.29) is 10.5 Å². The van der Waals surface area contributed by atoms with Crippen LogP contribution >= 0.6 is 22.6 Å². The Kier molecular flexibility index (Phi) is 3.51. The third-order valence-electron chi connectivity index (χ3n) is 1.69. The van der Waals surface area contributed by atoms with Gasteiger partial charge in [-0.2, -0.15) is 0 Å². The van der Waals surface area contributed by atoms with Crippen molar-refractivity contribution < 1.29 is 20.1 Å². The van der Waals surface area contributed by atoms with Crippen LogP contribution in [0.2, 0.25) is 0 Å². The molecule has 11 heavy (non-hydrogen) atoms. The van der Waals surface area contributed by atoms with E-state index in [0.29, 0.717) is 6.42 Å². The minimum atomic E-state index is -0.850. The van der Waals surface area contributed by atoms with Crippen LogP contribution in [0.3, 0.4) is 0 Å². The zero-order valence-corrected chi connectivity index (χ0v) is 8.01. The second-order valence-electron chi connectivity index (χ2n) is 2.55. The van der Waals surface area contributed by atoms with Crippen LogP contribution in [0.5, 0.6) is 0 Å². The van der Waals surface area contributed by atoms with E-state index >= 15 is 0 Å². The summed E-state index contributed by atoms with van der Waals surface area (Å²) < 4.78 is 4.82. The van der Waals surface area contributed by atoms with Crippen molar-refractivity contribution in [2.45, 2.75) is 28.8 Å². The Morgan fingerprint density at radius 2 is 2.09 bits per heavy atom. The average molecular weight is 274 g/mol. The smallest absolute Gasteiger partial charge is 0.156 e. The summed E-state index contributed by atoms with van der Waals surface area (Å²) in [7, 11) is 0. The number of aliphatic hydroxyl groups excluding tert-OH is 3. The lowest BCUT2D eigenvalue weighted by molar-refractivity contribution is -0.203. The Balaban J connectivity index is 2.51. The fourth-order valence-corrected chi connectivity index (χ4v) is 1.95. The van der Waals surface area contributed by atoms with Gasteiger partial charge in [0.05, 0.1) is 12.7 Å². The molecule has 0 spiro atoms. The lowest BCUT2D eigenvalue weighted by Gasteiger charge is -2.33. The van der Waals surface area contributed by atoms with Crippen LogP contribution in [0, 0.1) is 0 Å². The highest BCUT2D eigenvalue weighted by Gasteiger charge is 2.34. The summed E-state index contributed by atoms with van der Waals surface area (Å²) in [6.45, 7) is -0.252. The number of aliphatic hydroxyl groups is 3. The monoisotopic (exact) mass is 274 g/mol. The van der Waals surface area contributed by atoms with E-state index in [1.807, 2.05) is 22.6 Å². The Morgan fingerprint density at radius 1 is 1.45 bits per heavy atom. The number of halogens is 1. The molecule has 1 fully saturated rings. The lowest BCUT2D eigenvalue weighted by Crippen LogP contribution is -2.47. The molecule has 1 saturated heterocycles. The van der Waals surface area contributed by atoms with Crippen molar-refractivity contribution in [3.63, 3.8) is 0 Å². The maximum atomic E-state index is 9.35. The molecule has 3 N–H and O–H groups in total. The van der Waals surface area contributed by atoms with Gasteiger partial charge >= 0.3 is 0 Å². The van der Waals surface area contributed by atoms with Crippen LogP contribution in [-0.4, -0.2) is 44.3 Å². The molecule has 4 atom stereocenters. The van der Waals surface area contributed by atoms with Gasteiger partial charge in [-0.3, -0.25) is 0 Å². The van der Waals surface area contributed by atoms with E-state index < -0.39 is 18.5 Å². The normalized spacial score (nSPS) is 45.8. The number of ether oxygens (including phenoxy) is 1. The van der Waals surface area contributed by atoms with E-state index in [0.717, 1.165) is 0 Å². The maximum absolute atomic E-state index is 9.35. The average Bonchev–Trinajstić information content (AvgIpc) is 1.96. The third kappa shape index (κ3) is 2.25. The van der Waals surface area contributed by atoms with E-state index in [2.05, 4.69) is 0 Å². The Morgan fingerprint density at radius 3 is 2.64 bits per heavy atom. The lowest BCUT2D eigenvalue weighted by atomic mass is 10.1. The standard InChI is InChI=1S/C6H11IO4/c7-3-1-5(9)11-4(2-8)6(3)10/h3-6,8-10H,1-2H2/t3-,4+,5-,6-/m0/s1. The highest BCUT2D eigenvalue weighted by atomic mass is 127. The van der Waals surface area contributed by atoms with Gasteiger partial charge in [0.25, 0.3) is 0 Å². The zero-order chi connectivity index (χ0) is 8.43. The number of hydrogen-bond donors (Lipinski definition) is 3. The quantitative estimate of drug-likeness (QED) is 0.435. The second-order valence-corrected chi connectivity index (χ2v) is 4.15. The van der Waals surface area contributed by atoms with Crippen molar-refractivity contribution in [1.29, 1.82) is 0 Å². The number of hydrogen-bond acceptors (Lipinski definition) is 4. The van der Waals surface area contributed by atoms with Crippen molar-refractivity contribution in [2.24, 2.45) is 0 Å². The van der Waals surface area contributed by atoms with Crippen molar-refractivity contribution >= 4 is 22.6 Å². The highest BCUT2D eigenvalue weighted by Crippen LogP contribution is 2.24. The second kappa shape index (κ2) is 3.99. The van der Waals surface area contributed by atoms with Gasteiger partial charge in [0.2, 0.25) is 0 Å². The van der Waals surface area contributed by atoms with Gasteiger partial charge in [-0.05, 0) is 0 Å². The minimum absolute atomic E-state index is 0.0477. The summed E-state index contributed by atoms with van der Waals surface area (Å²) in [4.78, 5) is 0. The summed E-state index contributed by atoms with van der Waals surface area (Å²) in [6, 6.07) is 0. The third-order valence-corrected chi connectivity index (χ3v) is 2.94. The van der Waals surface area contributed by atoms with E-state index in [1.165, 1.54) is 0 Å². The molecule has 0 aliphatic carbocycles. The summed E-state index contributed by atoms with van der Waals surface area (Å²) in [5.74, 6) is 0. The molecule has 0 aromatic rings. The maximum Gasteiger partial charge on any atom is 0.156 e. The minimum Gasteiger partial charge on any atom is -0.394 e. The predicted octanol–water partition coefficient (Wildman–Crippen LogP) is -0.750. The van der Waals surface area contributed by atoms with E-state index in [1.54, 1.807) is 0 Å². The van der Waals surface area contributed by atoms with Crippen LogP contribution in [-0.2, 0) is 4.74 Å². The summed E-state index contributed by atoms with van der Waals surface area (Å²) in [6.07, 6.45) is -1.75. The van der Waals surface area contributed by atoms with Crippen LogP contribution in [0.15, 0.2) is 0 Å². The van der Waals surface area contributed by atoms with Crippen molar-refractivity contribution in [2.75, 3.05) is 6.61 Å². The Bertz CT molecular complexity index is 132. The first kappa shape index (κ1) is 9.66. The summed E-state index contributed by atoms with van der Waals surface area (Å²) in [5, 5.41) is 27.1. The van der Waals surface area contributed by atoms with Crippen LogP contribution in [0.4, 0.5) is 0 Å². The van der Waals surface area contributed by atoms with Crippen molar-refractivity contribution in [3.05, 3.63) is 0 Å². The van der Waals surface area contributed by atoms with Gasteiger partial charge in [0.1, 0.15) is 6.10 Å². The molecule has 0 aromatic heterocycles. The number of alkyl halides is 1. The fraction of sp³-hybridized carbons (Fsp3) is 1.00. The van der Waals surface area contributed by atoms with Gasteiger partial charge in [-0.1, -0.05) is 22.6 Å². The summed E-state index contributed by atoms with van der Waals surface area (Å²) in [5.41, 5.74) is 0. The van der Waals surface area contributed by atoms with Gasteiger partial charge in [-0.15, -0.1) is 0 Å². The van der Waals surface area contributed by atoms with Gasteiger partial charge in [-0.25, -0.2) is 0 Å². The van der Waals surface area contributed by atoms with Gasteiger partial charge in [0.15, 0.2) is 6.29 Å². The molecule has 66 valence electrons. The molecule has 0 radical (unpaired) electrons. The molecule has 1 rings (SSSR count). The largest absolute Gasteiger partial charge is 0.394 e. The molecular formula is C6H11IO4. The molecule has 0 bridgehead atoms. The van der Waals surface area contributed by atoms with E-state index in [9.17, 15) is 5.11 Å². The molecule has 0 aromatic carbocycles. The SMILES string of the molecule is OC[C@H]1O[C@H](O)C[C@H](I)[C@@H]1O. The topological polar surface area (TPSA) is 69.9 Å². The molecule has 1 aliphatic rings. The molecule has 1 heterocycles. The van der Waals surface area contributed by atoms with Crippen LogP contribution < -0.4 is 0 Å².